The topological polar surface area (TPSA) is 49.4 Å². The Balaban J connectivity index is 1.88. The van der Waals surface area contributed by atoms with Crippen LogP contribution in [-0.4, -0.2) is 23.3 Å². The Hall–Kier alpha value is -2.70. The molecule has 136 valence electrons. The molecular formula is C20H14ClFN2O2S. The molecular weight excluding hydrogens is 387 g/mol. The van der Waals surface area contributed by atoms with E-state index in [2.05, 4.69) is 5.32 Å². The number of fused-ring (bicyclic) bond motifs is 1. The number of halogens is 2. The fraction of sp³-hybridized carbons (Fsp3) is 0.100. The van der Waals surface area contributed by atoms with E-state index in [9.17, 15) is 14.0 Å². The van der Waals surface area contributed by atoms with Gasteiger partial charge in [0.2, 0.25) is 5.91 Å². The quantitative estimate of drug-likeness (QED) is 0.676. The van der Waals surface area contributed by atoms with E-state index in [0.717, 1.165) is 10.4 Å². The molecule has 0 fully saturated rings. The molecule has 1 unspecified atom stereocenters. The van der Waals surface area contributed by atoms with Crippen LogP contribution in [0.25, 0.3) is 0 Å². The van der Waals surface area contributed by atoms with Gasteiger partial charge in [-0.25, -0.2) is 4.39 Å². The molecule has 4 rings (SSSR count). The van der Waals surface area contributed by atoms with Crippen LogP contribution >= 0.6 is 22.9 Å². The van der Waals surface area contributed by atoms with E-state index in [1.807, 2.05) is 17.5 Å². The maximum Gasteiger partial charge on any atom is 0.255 e. The number of benzene rings is 2. The second-order valence-electron chi connectivity index (χ2n) is 6.14. The molecule has 27 heavy (non-hydrogen) atoms. The number of anilines is 1. The molecule has 0 radical (unpaired) electrons. The maximum atomic E-state index is 13.6. The van der Waals surface area contributed by atoms with Gasteiger partial charge in [-0.3, -0.25) is 9.59 Å². The van der Waals surface area contributed by atoms with Crippen molar-refractivity contribution in [2.45, 2.75) is 6.04 Å². The molecule has 1 N–H and O–H groups in total. The second kappa shape index (κ2) is 7.13. The zero-order valence-electron chi connectivity index (χ0n) is 14.0. The van der Waals surface area contributed by atoms with Crippen molar-refractivity contribution in [3.05, 3.63) is 86.8 Å². The van der Waals surface area contributed by atoms with Gasteiger partial charge in [0.25, 0.3) is 5.91 Å². The summed E-state index contributed by atoms with van der Waals surface area (Å²) in [5.41, 5.74) is 1.52. The highest BCUT2D eigenvalue weighted by atomic mass is 35.5. The molecule has 1 atom stereocenters. The van der Waals surface area contributed by atoms with Crippen LogP contribution < -0.4 is 5.32 Å². The Kier molecular flexibility index (Phi) is 4.68. The molecule has 2 amide bonds. The first-order valence-electron chi connectivity index (χ1n) is 8.22. The molecule has 0 saturated heterocycles. The summed E-state index contributed by atoms with van der Waals surface area (Å²) in [6.07, 6.45) is 0. The van der Waals surface area contributed by atoms with Gasteiger partial charge in [0.05, 0.1) is 6.04 Å². The van der Waals surface area contributed by atoms with E-state index >= 15 is 0 Å². The zero-order chi connectivity index (χ0) is 19.0. The molecule has 1 aliphatic rings. The molecule has 4 nitrogen and oxygen atoms in total. The number of amides is 2. The molecule has 2 aromatic carbocycles. The van der Waals surface area contributed by atoms with Gasteiger partial charge in [0, 0.05) is 26.7 Å². The van der Waals surface area contributed by atoms with Crippen LogP contribution in [0.3, 0.4) is 0 Å². The second-order valence-corrected chi connectivity index (χ2v) is 7.56. The predicted octanol–water partition coefficient (Wildman–Crippen LogP) is 4.72. The zero-order valence-corrected chi connectivity index (χ0v) is 15.6. The van der Waals surface area contributed by atoms with Crippen LogP contribution in [0.1, 0.15) is 26.8 Å². The van der Waals surface area contributed by atoms with Crippen LogP contribution in [-0.2, 0) is 4.79 Å². The Morgan fingerprint density at radius 2 is 2.04 bits per heavy atom. The predicted molar refractivity (Wildman–Crippen MR) is 104 cm³/mol. The summed E-state index contributed by atoms with van der Waals surface area (Å²) in [6, 6.07) is 13.9. The minimum Gasteiger partial charge on any atom is -0.324 e. The minimum atomic E-state index is -0.506. The van der Waals surface area contributed by atoms with Crippen LogP contribution in [0.4, 0.5) is 10.1 Å². The summed E-state index contributed by atoms with van der Waals surface area (Å²) in [6.45, 7) is -0.149. The molecule has 2 heterocycles. The Morgan fingerprint density at radius 3 is 2.78 bits per heavy atom. The van der Waals surface area contributed by atoms with Crippen molar-refractivity contribution in [3.63, 3.8) is 0 Å². The Morgan fingerprint density at radius 1 is 1.19 bits per heavy atom. The van der Waals surface area contributed by atoms with Gasteiger partial charge in [-0.1, -0.05) is 23.7 Å². The van der Waals surface area contributed by atoms with E-state index in [-0.39, 0.29) is 18.0 Å². The molecule has 1 aliphatic heterocycles. The number of carbonyl (C=O) groups excluding carboxylic acids is 2. The molecule has 0 saturated carbocycles. The first-order valence-corrected chi connectivity index (χ1v) is 9.48. The number of carbonyl (C=O) groups is 2. The minimum absolute atomic E-state index is 0.149. The van der Waals surface area contributed by atoms with Crippen LogP contribution in [0.15, 0.2) is 60.0 Å². The van der Waals surface area contributed by atoms with Crippen molar-refractivity contribution in [1.82, 2.24) is 4.90 Å². The van der Waals surface area contributed by atoms with Gasteiger partial charge in [-0.2, -0.15) is 0 Å². The average molecular weight is 401 g/mol. The number of thiophene rings is 1. The number of rotatable bonds is 2. The summed E-state index contributed by atoms with van der Waals surface area (Å²) < 4.78 is 13.6. The van der Waals surface area contributed by atoms with Crippen molar-refractivity contribution in [2.24, 2.45) is 0 Å². The summed E-state index contributed by atoms with van der Waals surface area (Å²) in [5.74, 6) is -1.24. The summed E-state index contributed by atoms with van der Waals surface area (Å²) >= 11 is 7.67. The maximum absolute atomic E-state index is 13.6. The van der Waals surface area contributed by atoms with E-state index in [4.69, 9.17) is 11.6 Å². The highest BCUT2D eigenvalue weighted by molar-refractivity contribution is 7.10. The van der Waals surface area contributed by atoms with Crippen LogP contribution in [0, 0.1) is 5.82 Å². The van der Waals surface area contributed by atoms with E-state index in [0.29, 0.717) is 10.7 Å². The highest BCUT2D eigenvalue weighted by Crippen LogP contribution is 2.39. The SMILES string of the molecule is O=C1CN(C(=O)c2cccc(F)c2)C(c2cccs2)c2cc(Cl)ccc2N1. The number of hydrogen-bond donors (Lipinski definition) is 1. The van der Waals surface area contributed by atoms with Crippen LogP contribution in [0.2, 0.25) is 5.02 Å². The Labute approximate surface area is 164 Å². The Bertz CT molecular complexity index is 1020. The highest BCUT2D eigenvalue weighted by Gasteiger charge is 2.34. The molecule has 0 bridgehead atoms. The molecule has 0 spiro atoms. The van der Waals surface area contributed by atoms with Crippen molar-refractivity contribution in [1.29, 1.82) is 0 Å². The normalized spacial score (nSPS) is 16.4. The monoisotopic (exact) mass is 400 g/mol. The summed E-state index contributed by atoms with van der Waals surface area (Å²) in [7, 11) is 0. The lowest BCUT2D eigenvalue weighted by atomic mass is 10.0. The van der Waals surface area contributed by atoms with Gasteiger partial charge in [-0.15, -0.1) is 11.3 Å². The van der Waals surface area contributed by atoms with E-state index in [1.165, 1.54) is 34.4 Å². The van der Waals surface area contributed by atoms with E-state index in [1.54, 1.807) is 24.3 Å². The van der Waals surface area contributed by atoms with Crippen molar-refractivity contribution < 1.29 is 14.0 Å². The van der Waals surface area contributed by atoms with Gasteiger partial charge < -0.3 is 10.2 Å². The molecule has 3 aromatic rings. The molecule has 1 aromatic heterocycles. The molecule has 7 heteroatoms. The largest absolute Gasteiger partial charge is 0.324 e. The van der Waals surface area contributed by atoms with Crippen LogP contribution in [0.5, 0.6) is 0 Å². The summed E-state index contributed by atoms with van der Waals surface area (Å²) in [4.78, 5) is 28.0. The summed E-state index contributed by atoms with van der Waals surface area (Å²) in [5, 5.41) is 5.24. The third-order valence-electron chi connectivity index (χ3n) is 4.35. The first-order chi connectivity index (χ1) is 13.0. The number of nitrogens with one attached hydrogen (secondary N) is 1. The smallest absolute Gasteiger partial charge is 0.255 e. The lowest BCUT2D eigenvalue weighted by Gasteiger charge is -2.29. The van der Waals surface area contributed by atoms with E-state index < -0.39 is 17.8 Å². The first kappa shape index (κ1) is 17.7. The van der Waals surface area contributed by atoms with Crippen molar-refractivity contribution >= 4 is 40.4 Å². The van der Waals surface area contributed by atoms with Gasteiger partial charge in [0.15, 0.2) is 0 Å². The third kappa shape index (κ3) is 3.46. The lowest BCUT2D eigenvalue weighted by Crippen LogP contribution is -2.38. The van der Waals surface area contributed by atoms with Gasteiger partial charge in [0.1, 0.15) is 12.4 Å². The van der Waals surface area contributed by atoms with Gasteiger partial charge in [-0.05, 0) is 47.8 Å². The third-order valence-corrected chi connectivity index (χ3v) is 5.51. The number of hydrogen-bond acceptors (Lipinski definition) is 3. The van der Waals surface area contributed by atoms with Crippen molar-refractivity contribution in [2.75, 3.05) is 11.9 Å². The standard InChI is InChI=1S/C20H14ClFN2O2S/c21-13-6-7-16-15(10-13)19(17-5-2-8-27-17)24(11-18(25)23-16)20(26)12-3-1-4-14(22)9-12/h1-10,19H,11H2,(H,23,25). The fourth-order valence-corrected chi connectivity index (χ4v) is 4.24. The number of nitrogens with zero attached hydrogens (tertiary/aromatic N) is 1. The average Bonchev–Trinajstić information content (AvgIpc) is 3.12. The van der Waals surface area contributed by atoms with Gasteiger partial charge >= 0.3 is 0 Å². The fourth-order valence-electron chi connectivity index (χ4n) is 3.21. The lowest BCUT2D eigenvalue weighted by molar-refractivity contribution is -0.117. The van der Waals surface area contributed by atoms with Crippen molar-refractivity contribution in [3.8, 4) is 0 Å². The molecule has 0 aliphatic carbocycles.